The van der Waals surface area contributed by atoms with Crippen LogP contribution in [0.15, 0.2) is 12.4 Å². The number of morpholine rings is 1. The Morgan fingerprint density at radius 1 is 1.50 bits per heavy atom. The lowest BCUT2D eigenvalue weighted by Gasteiger charge is -2.28. The Hall–Kier alpha value is -1.89. The van der Waals surface area contributed by atoms with Crippen molar-refractivity contribution < 1.29 is 14.6 Å². The number of carboxylic acids is 1. The second-order valence-electron chi connectivity index (χ2n) is 4.08. The first-order valence-corrected chi connectivity index (χ1v) is 5.74. The Kier molecular flexibility index (Phi) is 3.93. The van der Waals surface area contributed by atoms with Gasteiger partial charge in [-0.3, -0.25) is 4.79 Å². The summed E-state index contributed by atoms with van der Waals surface area (Å²) in [7, 11) is 1.69. The van der Waals surface area contributed by atoms with Gasteiger partial charge in [0.25, 0.3) is 0 Å². The van der Waals surface area contributed by atoms with Crippen molar-refractivity contribution in [3.8, 4) is 0 Å². The van der Waals surface area contributed by atoms with Crippen LogP contribution in [0.3, 0.4) is 0 Å². The fraction of sp³-hybridized carbons (Fsp3) is 0.545. The minimum Gasteiger partial charge on any atom is -0.480 e. The van der Waals surface area contributed by atoms with E-state index in [9.17, 15) is 4.79 Å². The van der Waals surface area contributed by atoms with Crippen LogP contribution < -0.4 is 9.80 Å². The summed E-state index contributed by atoms with van der Waals surface area (Å²) in [5.41, 5.74) is 0. The number of aliphatic carboxylic acids is 1. The van der Waals surface area contributed by atoms with E-state index in [2.05, 4.69) is 14.9 Å². The Labute approximate surface area is 105 Å². The van der Waals surface area contributed by atoms with Gasteiger partial charge in [0, 0.05) is 26.2 Å². The van der Waals surface area contributed by atoms with E-state index in [-0.39, 0.29) is 6.54 Å². The molecule has 0 amide bonds. The Morgan fingerprint density at radius 2 is 2.22 bits per heavy atom. The molecular weight excluding hydrogens is 236 g/mol. The lowest BCUT2D eigenvalue weighted by Crippen LogP contribution is -2.37. The first-order valence-electron chi connectivity index (χ1n) is 5.74. The third-order valence-electron chi connectivity index (χ3n) is 2.74. The quantitative estimate of drug-likeness (QED) is 0.797. The molecule has 2 heterocycles. The molecule has 1 fully saturated rings. The third-order valence-corrected chi connectivity index (χ3v) is 2.74. The van der Waals surface area contributed by atoms with Crippen molar-refractivity contribution in [2.45, 2.75) is 0 Å². The van der Waals surface area contributed by atoms with Gasteiger partial charge in [-0.15, -0.1) is 0 Å². The largest absolute Gasteiger partial charge is 0.480 e. The van der Waals surface area contributed by atoms with Crippen LogP contribution in [-0.2, 0) is 9.53 Å². The molecule has 0 atom stereocenters. The minimum absolute atomic E-state index is 0.0838. The van der Waals surface area contributed by atoms with Gasteiger partial charge in [-0.05, 0) is 0 Å². The molecule has 0 unspecified atom stereocenters. The molecule has 1 N–H and O–H groups in total. The number of aromatic nitrogens is 2. The topological polar surface area (TPSA) is 78.8 Å². The zero-order valence-corrected chi connectivity index (χ0v) is 10.2. The molecular formula is C11H16N4O3. The SMILES string of the molecule is CN(CC(=O)O)c1cc(N2CCOCC2)ncn1. The summed E-state index contributed by atoms with van der Waals surface area (Å²) in [6.45, 7) is 2.87. The summed E-state index contributed by atoms with van der Waals surface area (Å²) in [4.78, 5) is 22.6. The van der Waals surface area contributed by atoms with Crippen molar-refractivity contribution in [2.24, 2.45) is 0 Å². The average molecular weight is 252 g/mol. The van der Waals surface area contributed by atoms with Gasteiger partial charge in [0.15, 0.2) is 0 Å². The molecule has 18 heavy (non-hydrogen) atoms. The molecule has 0 spiro atoms. The fourth-order valence-corrected chi connectivity index (χ4v) is 1.80. The molecule has 7 nitrogen and oxygen atoms in total. The van der Waals surface area contributed by atoms with Crippen LogP contribution in [0.2, 0.25) is 0 Å². The van der Waals surface area contributed by atoms with Crippen molar-refractivity contribution >= 4 is 17.6 Å². The van der Waals surface area contributed by atoms with Gasteiger partial charge in [0.1, 0.15) is 24.5 Å². The molecule has 0 radical (unpaired) electrons. The van der Waals surface area contributed by atoms with Crippen LogP contribution in [0.1, 0.15) is 0 Å². The standard InChI is InChI=1S/C11H16N4O3/c1-14(7-11(16)17)9-6-10(13-8-12-9)15-2-4-18-5-3-15/h6,8H,2-5,7H2,1H3,(H,16,17). The number of nitrogens with zero attached hydrogens (tertiary/aromatic N) is 4. The van der Waals surface area contributed by atoms with E-state index in [0.29, 0.717) is 19.0 Å². The number of carbonyl (C=O) groups is 1. The van der Waals surface area contributed by atoms with Crippen LogP contribution in [0.5, 0.6) is 0 Å². The van der Waals surface area contributed by atoms with Gasteiger partial charge in [-0.1, -0.05) is 0 Å². The van der Waals surface area contributed by atoms with Crippen LogP contribution in [0.4, 0.5) is 11.6 Å². The summed E-state index contributed by atoms with van der Waals surface area (Å²) in [5.74, 6) is 0.526. The predicted octanol–water partition coefficient (Wildman–Crippen LogP) is -0.166. The van der Waals surface area contributed by atoms with Gasteiger partial charge in [0.2, 0.25) is 0 Å². The van der Waals surface area contributed by atoms with Crippen molar-refractivity contribution in [3.63, 3.8) is 0 Å². The van der Waals surface area contributed by atoms with E-state index in [4.69, 9.17) is 9.84 Å². The number of hydrogen-bond donors (Lipinski definition) is 1. The molecule has 98 valence electrons. The van der Waals surface area contributed by atoms with Crippen molar-refractivity contribution in [3.05, 3.63) is 12.4 Å². The molecule has 1 aromatic rings. The first kappa shape index (κ1) is 12.6. The highest BCUT2D eigenvalue weighted by molar-refractivity contribution is 5.73. The summed E-state index contributed by atoms with van der Waals surface area (Å²) in [6, 6.07) is 1.80. The first-order chi connectivity index (χ1) is 8.66. The van der Waals surface area contributed by atoms with Crippen molar-refractivity contribution in [1.82, 2.24) is 9.97 Å². The second-order valence-corrected chi connectivity index (χ2v) is 4.08. The molecule has 0 bridgehead atoms. The number of anilines is 2. The zero-order chi connectivity index (χ0) is 13.0. The predicted molar refractivity (Wildman–Crippen MR) is 66.0 cm³/mol. The van der Waals surface area contributed by atoms with Gasteiger partial charge in [0.05, 0.1) is 13.2 Å². The Balaban J connectivity index is 2.11. The molecule has 1 saturated heterocycles. The van der Waals surface area contributed by atoms with Crippen molar-refractivity contribution in [2.75, 3.05) is 49.7 Å². The number of carboxylic acid groups (broad SMARTS) is 1. The maximum Gasteiger partial charge on any atom is 0.323 e. The number of rotatable bonds is 4. The van der Waals surface area contributed by atoms with Gasteiger partial charge in [-0.25, -0.2) is 9.97 Å². The minimum atomic E-state index is -0.885. The summed E-state index contributed by atoms with van der Waals surface area (Å²) in [6.07, 6.45) is 1.46. The smallest absolute Gasteiger partial charge is 0.323 e. The van der Waals surface area contributed by atoms with Gasteiger partial charge in [-0.2, -0.15) is 0 Å². The Bertz CT molecular complexity index is 421. The number of likely N-dealkylation sites (N-methyl/N-ethyl adjacent to an activating group) is 1. The van der Waals surface area contributed by atoms with E-state index in [1.807, 2.05) is 0 Å². The lowest BCUT2D eigenvalue weighted by atomic mass is 10.4. The zero-order valence-electron chi connectivity index (χ0n) is 10.2. The summed E-state index contributed by atoms with van der Waals surface area (Å²) in [5, 5.41) is 8.75. The molecule has 1 aliphatic rings. The molecule has 0 saturated carbocycles. The number of ether oxygens (including phenoxy) is 1. The maximum absolute atomic E-state index is 10.7. The highest BCUT2D eigenvalue weighted by atomic mass is 16.5. The normalized spacial score (nSPS) is 15.5. The van der Waals surface area contributed by atoms with Crippen molar-refractivity contribution in [1.29, 1.82) is 0 Å². The highest BCUT2D eigenvalue weighted by Crippen LogP contribution is 2.17. The van der Waals surface area contributed by atoms with Crippen LogP contribution in [0, 0.1) is 0 Å². The molecule has 0 aromatic carbocycles. The van der Waals surface area contributed by atoms with E-state index in [1.54, 1.807) is 18.0 Å². The highest BCUT2D eigenvalue weighted by Gasteiger charge is 2.14. The number of hydrogen-bond acceptors (Lipinski definition) is 6. The lowest BCUT2D eigenvalue weighted by molar-refractivity contribution is -0.135. The molecule has 7 heteroatoms. The third kappa shape index (κ3) is 3.07. The Morgan fingerprint density at radius 3 is 2.89 bits per heavy atom. The monoisotopic (exact) mass is 252 g/mol. The van der Waals surface area contributed by atoms with E-state index in [1.165, 1.54) is 6.33 Å². The van der Waals surface area contributed by atoms with Crippen LogP contribution >= 0.6 is 0 Å². The van der Waals surface area contributed by atoms with Gasteiger partial charge >= 0.3 is 5.97 Å². The van der Waals surface area contributed by atoms with E-state index >= 15 is 0 Å². The van der Waals surface area contributed by atoms with Crippen LogP contribution in [-0.4, -0.2) is 60.9 Å². The average Bonchev–Trinajstić information content (AvgIpc) is 2.39. The summed E-state index contributed by atoms with van der Waals surface area (Å²) < 4.78 is 5.28. The molecule has 1 aromatic heterocycles. The van der Waals surface area contributed by atoms with Gasteiger partial charge < -0.3 is 19.6 Å². The van der Waals surface area contributed by atoms with Crippen LogP contribution in [0.25, 0.3) is 0 Å². The van der Waals surface area contributed by atoms with E-state index < -0.39 is 5.97 Å². The maximum atomic E-state index is 10.7. The van der Waals surface area contributed by atoms with E-state index in [0.717, 1.165) is 18.9 Å². The summed E-state index contributed by atoms with van der Waals surface area (Å²) >= 11 is 0. The second kappa shape index (κ2) is 5.63. The fourth-order valence-electron chi connectivity index (χ4n) is 1.80. The molecule has 1 aliphatic heterocycles. The molecule has 2 rings (SSSR count). The molecule has 0 aliphatic carbocycles.